The SMILES string of the molecule is COc1ccc(C(=O)c2cccc([N+](=O)[O-])c2)c(OCc2ccccc2)c1. The van der Waals surface area contributed by atoms with E-state index in [4.69, 9.17) is 9.47 Å². The van der Waals surface area contributed by atoms with Crippen LogP contribution >= 0.6 is 0 Å². The fraction of sp³-hybridized carbons (Fsp3) is 0.0952. The van der Waals surface area contributed by atoms with Gasteiger partial charge in [0, 0.05) is 23.8 Å². The highest BCUT2D eigenvalue weighted by molar-refractivity contribution is 6.11. The normalized spacial score (nSPS) is 10.3. The molecule has 0 radical (unpaired) electrons. The third kappa shape index (κ3) is 4.30. The molecule has 0 aliphatic carbocycles. The molecule has 3 rings (SSSR count). The molecule has 27 heavy (non-hydrogen) atoms. The van der Waals surface area contributed by atoms with Crippen LogP contribution in [0.25, 0.3) is 0 Å². The average molecular weight is 363 g/mol. The van der Waals surface area contributed by atoms with Gasteiger partial charge in [0.05, 0.1) is 17.6 Å². The van der Waals surface area contributed by atoms with Gasteiger partial charge in [0.2, 0.25) is 0 Å². The van der Waals surface area contributed by atoms with Crippen molar-refractivity contribution in [1.29, 1.82) is 0 Å². The number of carbonyl (C=O) groups is 1. The highest BCUT2D eigenvalue weighted by atomic mass is 16.6. The summed E-state index contributed by atoms with van der Waals surface area (Å²) in [6.07, 6.45) is 0. The van der Waals surface area contributed by atoms with E-state index in [-0.39, 0.29) is 23.6 Å². The Morgan fingerprint density at radius 1 is 1.00 bits per heavy atom. The number of hydrogen-bond acceptors (Lipinski definition) is 5. The molecule has 136 valence electrons. The molecule has 0 aliphatic heterocycles. The topological polar surface area (TPSA) is 78.7 Å². The predicted molar refractivity (Wildman–Crippen MR) is 100 cm³/mol. The lowest BCUT2D eigenvalue weighted by Gasteiger charge is -2.13. The Hall–Kier alpha value is -3.67. The summed E-state index contributed by atoms with van der Waals surface area (Å²) in [6.45, 7) is 0.281. The van der Waals surface area contributed by atoms with Crippen LogP contribution in [0, 0.1) is 10.1 Å². The van der Waals surface area contributed by atoms with Crippen LogP contribution in [0.4, 0.5) is 5.69 Å². The van der Waals surface area contributed by atoms with Crippen molar-refractivity contribution in [3.05, 3.63) is 99.6 Å². The van der Waals surface area contributed by atoms with Crippen LogP contribution in [0.1, 0.15) is 21.5 Å². The monoisotopic (exact) mass is 363 g/mol. The van der Waals surface area contributed by atoms with Crippen molar-refractivity contribution in [3.63, 3.8) is 0 Å². The van der Waals surface area contributed by atoms with Gasteiger partial charge in [0.1, 0.15) is 18.1 Å². The molecule has 0 aliphatic rings. The molecule has 0 amide bonds. The first kappa shape index (κ1) is 18.1. The van der Waals surface area contributed by atoms with Gasteiger partial charge >= 0.3 is 0 Å². The lowest BCUT2D eigenvalue weighted by molar-refractivity contribution is -0.384. The van der Waals surface area contributed by atoms with Crippen LogP contribution in [0.3, 0.4) is 0 Å². The summed E-state index contributed by atoms with van der Waals surface area (Å²) in [5.41, 5.74) is 1.35. The minimum Gasteiger partial charge on any atom is -0.497 e. The maximum absolute atomic E-state index is 12.9. The smallest absolute Gasteiger partial charge is 0.270 e. The number of benzene rings is 3. The van der Waals surface area contributed by atoms with E-state index in [2.05, 4.69) is 0 Å². The van der Waals surface area contributed by atoms with Crippen LogP contribution in [-0.4, -0.2) is 17.8 Å². The second-order valence-corrected chi connectivity index (χ2v) is 5.77. The molecule has 3 aromatic carbocycles. The third-order valence-corrected chi connectivity index (χ3v) is 3.99. The Balaban J connectivity index is 1.93. The Bertz CT molecular complexity index is 969. The zero-order valence-corrected chi connectivity index (χ0v) is 14.6. The molecule has 3 aromatic rings. The molecule has 0 bridgehead atoms. The number of rotatable bonds is 7. The Morgan fingerprint density at radius 2 is 1.78 bits per heavy atom. The van der Waals surface area contributed by atoms with E-state index >= 15 is 0 Å². The largest absolute Gasteiger partial charge is 0.497 e. The molecule has 0 saturated carbocycles. The van der Waals surface area contributed by atoms with E-state index in [1.165, 1.54) is 25.3 Å². The molecule has 0 unspecified atom stereocenters. The summed E-state index contributed by atoms with van der Waals surface area (Å²) >= 11 is 0. The van der Waals surface area contributed by atoms with Gasteiger partial charge in [-0.1, -0.05) is 42.5 Å². The molecular weight excluding hydrogens is 346 g/mol. The van der Waals surface area contributed by atoms with Crippen molar-refractivity contribution in [2.24, 2.45) is 0 Å². The number of hydrogen-bond donors (Lipinski definition) is 0. The van der Waals surface area contributed by atoms with Crippen LogP contribution < -0.4 is 9.47 Å². The Morgan fingerprint density at radius 3 is 2.48 bits per heavy atom. The minimum absolute atomic E-state index is 0.138. The number of nitrogens with zero attached hydrogens (tertiary/aromatic N) is 1. The molecule has 0 heterocycles. The first-order valence-corrected chi connectivity index (χ1v) is 8.22. The maximum atomic E-state index is 12.9. The fourth-order valence-electron chi connectivity index (χ4n) is 2.59. The number of non-ortho nitro benzene ring substituents is 1. The summed E-state index contributed by atoms with van der Waals surface area (Å²) in [7, 11) is 1.53. The van der Waals surface area contributed by atoms with Crippen molar-refractivity contribution in [1.82, 2.24) is 0 Å². The van der Waals surface area contributed by atoms with Gasteiger partial charge in [-0.25, -0.2) is 0 Å². The van der Waals surface area contributed by atoms with Crippen LogP contribution in [0.5, 0.6) is 11.5 Å². The first-order chi connectivity index (χ1) is 13.1. The first-order valence-electron chi connectivity index (χ1n) is 8.22. The zero-order chi connectivity index (χ0) is 19.2. The van der Waals surface area contributed by atoms with Crippen LogP contribution in [0.15, 0.2) is 72.8 Å². The zero-order valence-electron chi connectivity index (χ0n) is 14.6. The van der Waals surface area contributed by atoms with Crippen molar-refractivity contribution in [3.8, 4) is 11.5 Å². The van der Waals surface area contributed by atoms with Crippen LogP contribution in [0.2, 0.25) is 0 Å². The molecule has 0 aromatic heterocycles. The standard InChI is InChI=1S/C21H17NO5/c1-26-18-10-11-19(20(13-18)27-14-15-6-3-2-4-7-15)21(23)16-8-5-9-17(12-16)22(24)25/h2-13H,14H2,1H3. The Labute approximate surface area is 156 Å². The summed E-state index contributed by atoms with van der Waals surface area (Å²) < 4.78 is 11.1. The molecule has 6 nitrogen and oxygen atoms in total. The van der Waals surface area contributed by atoms with Gasteiger partial charge < -0.3 is 9.47 Å². The van der Waals surface area contributed by atoms with Gasteiger partial charge in [-0.05, 0) is 17.7 Å². The summed E-state index contributed by atoms with van der Waals surface area (Å²) in [5, 5.41) is 11.0. The van der Waals surface area contributed by atoms with Gasteiger partial charge in [-0.2, -0.15) is 0 Å². The van der Waals surface area contributed by atoms with Crippen molar-refractivity contribution < 1.29 is 19.2 Å². The van der Waals surface area contributed by atoms with Gasteiger partial charge in [-0.3, -0.25) is 14.9 Å². The van der Waals surface area contributed by atoms with Gasteiger partial charge in [0.25, 0.3) is 5.69 Å². The summed E-state index contributed by atoms with van der Waals surface area (Å²) in [6, 6.07) is 20.1. The van der Waals surface area contributed by atoms with E-state index in [0.29, 0.717) is 17.1 Å². The van der Waals surface area contributed by atoms with E-state index in [1.54, 1.807) is 24.3 Å². The minimum atomic E-state index is -0.530. The number of nitro groups is 1. The quantitative estimate of drug-likeness (QED) is 0.353. The van der Waals surface area contributed by atoms with Crippen molar-refractivity contribution in [2.75, 3.05) is 7.11 Å². The molecule has 0 fully saturated rings. The number of methoxy groups -OCH3 is 1. The molecular formula is C21H17NO5. The van der Waals surface area contributed by atoms with Crippen molar-refractivity contribution in [2.45, 2.75) is 6.61 Å². The van der Waals surface area contributed by atoms with Crippen LogP contribution in [-0.2, 0) is 6.61 Å². The number of ketones is 1. The predicted octanol–water partition coefficient (Wildman–Crippen LogP) is 4.41. The van der Waals surface area contributed by atoms with E-state index in [0.717, 1.165) is 5.56 Å². The molecule has 0 atom stereocenters. The molecule has 0 spiro atoms. The van der Waals surface area contributed by atoms with Crippen molar-refractivity contribution >= 4 is 11.5 Å². The summed E-state index contributed by atoms with van der Waals surface area (Å²) in [5.74, 6) is 0.549. The lowest BCUT2D eigenvalue weighted by Crippen LogP contribution is -2.06. The number of ether oxygens (including phenoxy) is 2. The molecule has 0 N–H and O–H groups in total. The highest BCUT2D eigenvalue weighted by Gasteiger charge is 2.18. The fourth-order valence-corrected chi connectivity index (χ4v) is 2.59. The summed E-state index contributed by atoms with van der Waals surface area (Å²) in [4.78, 5) is 23.4. The highest BCUT2D eigenvalue weighted by Crippen LogP contribution is 2.28. The number of carbonyl (C=O) groups excluding carboxylic acids is 1. The molecule has 0 saturated heterocycles. The van der Waals surface area contributed by atoms with E-state index in [1.807, 2.05) is 30.3 Å². The third-order valence-electron chi connectivity index (χ3n) is 3.99. The molecule has 6 heteroatoms. The van der Waals surface area contributed by atoms with Gasteiger partial charge in [0.15, 0.2) is 5.78 Å². The lowest BCUT2D eigenvalue weighted by atomic mass is 10.0. The number of nitro benzene ring substituents is 1. The van der Waals surface area contributed by atoms with E-state index < -0.39 is 4.92 Å². The second-order valence-electron chi connectivity index (χ2n) is 5.77. The Kier molecular flexibility index (Phi) is 5.47. The average Bonchev–Trinajstić information content (AvgIpc) is 2.72. The maximum Gasteiger partial charge on any atom is 0.270 e. The van der Waals surface area contributed by atoms with E-state index in [9.17, 15) is 14.9 Å². The second kappa shape index (κ2) is 8.14. The van der Waals surface area contributed by atoms with Gasteiger partial charge in [-0.15, -0.1) is 0 Å².